The van der Waals surface area contributed by atoms with E-state index in [1.165, 1.54) is 12.3 Å². The Kier molecular flexibility index (Phi) is 1.66. The number of rotatable bonds is 3. The highest BCUT2D eigenvalue weighted by Crippen LogP contribution is 2.21. The van der Waals surface area contributed by atoms with Crippen molar-refractivity contribution in [2.75, 3.05) is 0 Å². The summed E-state index contributed by atoms with van der Waals surface area (Å²) in [5, 5.41) is 6.12. The second-order valence-corrected chi connectivity index (χ2v) is 4.50. The molecule has 0 bridgehead atoms. The molecule has 1 saturated carbocycles. The van der Waals surface area contributed by atoms with E-state index in [0.29, 0.717) is 0 Å². The molecule has 1 aliphatic carbocycles. The molecule has 1 aliphatic rings. The Bertz CT molecular complexity index is 352. The molecule has 0 aliphatic heterocycles. The minimum atomic E-state index is -3.32. The first kappa shape index (κ1) is 7.75. The molecule has 0 aromatic carbocycles. The Morgan fingerprint density at radius 1 is 1.58 bits per heavy atom. The molecule has 2 N–H and O–H groups in total. The van der Waals surface area contributed by atoms with Gasteiger partial charge in [-0.25, -0.2) is 13.1 Å². The van der Waals surface area contributed by atoms with Crippen molar-refractivity contribution in [3.8, 4) is 0 Å². The molecule has 12 heavy (non-hydrogen) atoms. The maximum atomic E-state index is 11.4. The van der Waals surface area contributed by atoms with Crippen molar-refractivity contribution in [2.24, 2.45) is 0 Å². The molecule has 66 valence electrons. The van der Waals surface area contributed by atoms with E-state index in [4.69, 9.17) is 0 Å². The molecule has 0 atom stereocenters. The molecule has 0 saturated heterocycles. The fourth-order valence-electron chi connectivity index (χ4n) is 0.877. The topological polar surface area (TPSA) is 74.8 Å². The molecule has 0 spiro atoms. The van der Waals surface area contributed by atoms with Gasteiger partial charge < -0.3 is 0 Å². The summed E-state index contributed by atoms with van der Waals surface area (Å²) in [6.07, 6.45) is 3.29. The quantitative estimate of drug-likeness (QED) is 0.691. The largest absolute Gasteiger partial charge is 0.266 e. The lowest BCUT2D eigenvalue weighted by Gasteiger charge is -2.00. The van der Waals surface area contributed by atoms with Crippen LogP contribution >= 0.6 is 0 Å². The number of H-pyrrole nitrogens is 1. The van der Waals surface area contributed by atoms with Crippen LogP contribution in [0.25, 0.3) is 0 Å². The highest BCUT2D eigenvalue weighted by molar-refractivity contribution is 7.89. The van der Waals surface area contributed by atoms with E-state index >= 15 is 0 Å². The van der Waals surface area contributed by atoms with Gasteiger partial charge in [0.1, 0.15) is 0 Å². The van der Waals surface area contributed by atoms with Gasteiger partial charge in [-0.15, -0.1) is 0 Å². The maximum Gasteiger partial charge on any atom is 0.257 e. The molecular weight excluding hydrogens is 178 g/mol. The molecule has 0 amide bonds. The van der Waals surface area contributed by atoms with Gasteiger partial charge in [-0.1, -0.05) is 0 Å². The van der Waals surface area contributed by atoms with Gasteiger partial charge in [-0.05, 0) is 18.9 Å². The van der Waals surface area contributed by atoms with Crippen LogP contribution in [0.3, 0.4) is 0 Å². The normalized spacial score (nSPS) is 18.0. The number of aromatic amines is 1. The van der Waals surface area contributed by atoms with E-state index in [0.717, 1.165) is 12.8 Å². The first-order valence-corrected chi connectivity index (χ1v) is 5.18. The second kappa shape index (κ2) is 2.56. The number of hydrogen-bond acceptors (Lipinski definition) is 3. The fourth-order valence-corrected chi connectivity index (χ4v) is 2.09. The van der Waals surface area contributed by atoms with Crippen LogP contribution < -0.4 is 4.72 Å². The standard InChI is InChI=1S/C6H9N3O2S/c10-12(11,9-5-1-2-5)6-3-4-7-8-6/h3-5,9H,1-2H2,(H,7,8). The average molecular weight is 187 g/mol. The van der Waals surface area contributed by atoms with E-state index in [1.807, 2.05) is 0 Å². The first-order chi connectivity index (χ1) is 5.68. The minimum absolute atomic E-state index is 0.134. The van der Waals surface area contributed by atoms with Crippen LogP contribution in [0, 0.1) is 0 Å². The molecule has 1 aromatic heterocycles. The number of aromatic nitrogens is 2. The van der Waals surface area contributed by atoms with Crippen LogP contribution in [0.1, 0.15) is 12.8 Å². The number of nitrogens with one attached hydrogen (secondary N) is 2. The zero-order valence-corrected chi connectivity index (χ0v) is 7.13. The number of nitrogens with zero attached hydrogens (tertiary/aromatic N) is 1. The highest BCUT2D eigenvalue weighted by atomic mass is 32.2. The summed E-state index contributed by atoms with van der Waals surface area (Å²) in [5.74, 6) is 0. The Labute approximate surface area is 70.2 Å². The van der Waals surface area contributed by atoms with Crippen LogP contribution in [0.4, 0.5) is 0 Å². The van der Waals surface area contributed by atoms with E-state index < -0.39 is 10.0 Å². The molecule has 0 radical (unpaired) electrons. The molecule has 2 rings (SSSR count). The van der Waals surface area contributed by atoms with Gasteiger partial charge in [-0.3, -0.25) is 5.10 Å². The number of sulfonamides is 1. The van der Waals surface area contributed by atoms with Crippen molar-refractivity contribution < 1.29 is 8.42 Å². The van der Waals surface area contributed by atoms with Crippen LogP contribution in [0.5, 0.6) is 0 Å². The summed E-state index contributed by atoms with van der Waals surface area (Å²) in [6, 6.07) is 1.57. The summed E-state index contributed by atoms with van der Waals surface area (Å²) in [4.78, 5) is 0. The molecule has 1 aromatic rings. The number of hydrogen-bond donors (Lipinski definition) is 2. The molecule has 1 heterocycles. The SMILES string of the molecule is O=S(=O)(NC1CC1)c1ccn[nH]1. The Morgan fingerprint density at radius 3 is 2.83 bits per heavy atom. The van der Waals surface area contributed by atoms with Gasteiger partial charge in [0.15, 0.2) is 5.03 Å². The van der Waals surface area contributed by atoms with E-state index in [9.17, 15) is 8.42 Å². The smallest absolute Gasteiger partial charge is 0.257 e. The monoisotopic (exact) mass is 187 g/mol. The van der Waals surface area contributed by atoms with Gasteiger partial charge in [-0.2, -0.15) is 5.10 Å². The van der Waals surface area contributed by atoms with E-state index in [-0.39, 0.29) is 11.1 Å². The third-order valence-corrected chi connectivity index (χ3v) is 3.11. The summed E-state index contributed by atoms with van der Waals surface area (Å²) < 4.78 is 25.3. The second-order valence-electron chi connectivity index (χ2n) is 2.82. The summed E-state index contributed by atoms with van der Waals surface area (Å²) in [7, 11) is -3.32. The van der Waals surface area contributed by atoms with Crippen LogP contribution in [0.2, 0.25) is 0 Å². The third-order valence-electron chi connectivity index (χ3n) is 1.66. The van der Waals surface area contributed by atoms with Gasteiger partial charge >= 0.3 is 0 Å². The minimum Gasteiger partial charge on any atom is -0.266 e. The molecular formula is C6H9N3O2S. The fraction of sp³-hybridized carbons (Fsp3) is 0.500. The predicted octanol–water partition coefficient (Wildman–Crippen LogP) is -0.150. The van der Waals surface area contributed by atoms with E-state index in [1.54, 1.807) is 0 Å². The lowest BCUT2D eigenvalue weighted by atomic mass is 10.8. The summed E-state index contributed by atoms with van der Waals surface area (Å²) in [5.41, 5.74) is 0. The van der Waals surface area contributed by atoms with Crippen molar-refractivity contribution in [2.45, 2.75) is 23.9 Å². The summed E-state index contributed by atoms with van der Waals surface area (Å²) >= 11 is 0. The van der Waals surface area contributed by atoms with Crippen molar-refractivity contribution >= 4 is 10.0 Å². The third kappa shape index (κ3) is 1.49. The Morgan fingerprint density at radius 2 is 2.33 bits per heavy atom. The lowest BCUT2D eigenvalue weighted by molar-refractivity contribution is 0.576. The molecule has 0 unspecified atom stereocenters. The van der Waals surface area contributed by atoms with Crippen molar-refractivity contribution in [3.05, 3.63) is 12.3 Å². The van der Waals surface area contributed by atoms with Gasteiger partial charge in [0, 0.05) is 6.04 Å². The highest BCUT2D eigenvalue weighted by Gasteiger charge is 2.28. The Hall–Kier alpha value is -0.880. The van der Waals surface area contributed by atoms with Gasteiger partial charge in [0.25, 0.3) is 10.0 Å². The Balaban J connectivity index is 2.20. The van der Waals surface area contributed by atoms with Crippen LogP contribution in [-0.4, -0.2) is 24.7 Å². The zero-order chi connectivity index (χ0) is 8.60. The van der Waals surface area contributed by atoms with Crippen LogP contribution in [0.15, 0.2) is 17.3 Å². The van der Waals surface area contributed by atoms with Crippen molar-refractivity contribution in [1.29, 1.82) is 0 Å². The van der Waals surface area contributed by atoms with Gasteiger partial charge in [0.05, 0.1) is 6.20 Å². The lowest BCUT2D eigenvalue weighted by Crippen LogP contribution is -2.25. The molecule has 5 nitrogen and oxygen atoms in total. The maximum absolute atomic E-state index is 11.4. The van der Waals surface area contributed by atoms with Crippen molar-refractivity contribution in [1.82, 2.24) is 14.9 Å². The van der Waals surface area contributed by atoms with Crippen molar-refractivity contribution in [3.63, 3.8) is 0 Å². The molecule has 1 fully saturated rings. The first-order valence-electron chi connectivity index (χ1n) is 3.70. The molecule has 6 heteroatoms. The van der Waals surface area contributed by atoms with E-state index in [2.05, 4.69) is 14.9 Å². The predicted molar refractivity (Wildman–Crippen MR) is 41.9 cm³/mol. The zero-order valence-electron chi connectivity index (χ0n) is 6.32. The van der Waals surface area contributed by atoms with Gasteiger partial charge in [0.2, 0.25) is 0 Å². The summed E-state index contributed by atoms with van der Waals surface area (Å²) in [6.45, 7) is 0. The average Bonchev–Trinajstić information content (AvgIpc) is 2.67. The van der Waals surface area contributed by atoms with Crippen LogP contribution in [-0.2, 0) is 10.0 Å².